The van der Waals surface area contributed by atoms with E-state index >= 15 is 0 Å². The van der Waals surface area contributed by atoms with Crippen LogP contribution < -0.4 is 5.32 Å². The number of rotatable bonds is 2. The first kappa shape index (κ1) is 12.4. The highest BCUT2D eigenvalue weighted by Gasteiger charge is 2.22. The Balaban J connectivity index is 1.80. The van der Waals surface area contributed by atoms with Crippen molar-refractivity contribution in [1.82, 2.24) is 14.6 Å². The van der Waals surface area contributed by atoms with Crippen LogP contribution in [0.4, 0.5) is 5.95 Å². The molecule has 102 valence electrons. The second-order valence-corrected chi connectivity index (χ2v) is 5.40. The van der Waals surface area contributed by atoms with E-state index in [2.05, 4.69) is 15.4 Å². The SMILES string of the molecule is Cc1ccc2nc(NC3CCCCCC3O)nn2c1. The first-order valence-electron chi connectivity index (χ1n) is 7.00. The maximum Gasteiger partial charge on any atom is 0.243 e. The highest BCUT2D eigenvalue weighted by Crippen LogP contribution is 2.20. The molecule has 2 unspecified atom stereocenters. The number of pyridine rings is 1. The number of aryl methyl sites for hydroxylation is 1. The van der Waals surface area contributed by atoms with Gasteiger partial charge in [0.1, 0.15) is 0 Å². The molecule has 0 radical (unpaired) electrons. The molecule has 1 fully saturated rings. The quantitative estimate of drug-likeness (QED) is 0.812. The lowest BCUT2D eigenvalue weighted by Gasteiger charge is -2.20. The fourth-order valence-electron chi connectivity index (χ4n) is 2.67. The van der Waals surface area contributed by atoms with Gasteiger partial charge in [0.2, 0.25) is 5.95 Å². The number of nitrogens with one attached hydrogen (secondary N) is 1. The van der Waals surface area contributed by atoms with Crippen molar-refractivity contribution >= 4 is 11.6 Å². The van der Waals surface area contributed by atoms with Gasteiger partial charge in [-0.05, 0) is 31.4 Å². The molecule has 0 aromatic carbocycles. The maximum atomic E-state index is 10.1. The molecular weight excluding hydrogens is 240 g/mol. The van der Waals surface area contributed by atoms with E-state index in [0.717, 1.165) is 36.9 Å². The van der Waals surface area contributed by atoms with Gasteiger partial charge in [0.25, 0.3) is 0 Å². The van der Waals surface area contributed by atoms with Crippen molar-refractivity contribution in [3.8, 4) is 0 Å². The summed E-state index contributed by atoms with van der Waals surface area (Å²) in [5.41, 5.74) is 1.98. The molecule has 2 aromatic heterocycles. The highest BCUT2D eigenvalue weighted by molar-refractivity contribution is 5.44. The van der Waals surface area contributed by atoms with Gasteiger partial charge in [-0.1, -0.05) is 25.3 Å². The number of hydrogen-bond donors (Lipinski definition) is 2. The Kier molecular flexibility index (Phi) is 3.38. The van der Waals surface area contributed by atoms with Crippen LogP contribution in [0.1, 0.15) is 37.7 Å². The molecule has 2 heterocycles. The summed E-state index contributed by atoms with van der Waals surface area (Å²) in [4.78, 5) is 4.44. The second-order valence-electron chi connectivity index (χ2n) is 5.40. The van der Waals surface area contributed by atoms with Gasteiger partial charge in [-0.25, -0.2) is 4.52 Å². The lowest BCUT2D eigenvalue weighted by atomic mass is 10.1. The van der Waals surface area contributed by atoms with Crippen molar-refractivity contribution in [2.75, 3.05) is 5.32 Å². The van der Waals surface area contributed by atoms with Crippen molar-refractivity contribution < 1.29 is 5.11 Å². The topological polar surface area (TPSA) is 62.5 Å². The third-order valence-corrected chi connectivity index (χ3v) is 3.77. The maximum absolute atomic E-state index is 10.1. The summed E-state index contributed by atoms with van der Waals surface area (Å²) in [5, 5.41) is 17.8. The van der Waals surface area contributed by atoms with Crippen LogP contribution in [0.3, 0.4) is 0 Å². The number of nitrogens with zero attached hydrogens (tertiary/aromatic N) is 3. The van der Waals surface area contributed by atoms with Crippen molar-refractivity contribution in [2.45, 2.75) is 51.2 Å². The van der Waals surface area contributed by atoms with Crippen LogP contribution in [-0.4, -0.2) is 31.9 Å². The minimum atomic E-state index is -0.296. The lowest BCUT2D eigenvalue weighted by molar-refractivity contribution is 0.144. The standard InChI is InChI=1S/C14H20N4O/c1-10-7-8-13-16-14(17-18(13)9-10)15-11-5-3-2-4-6-12(11)19/h7-9,11-12,19H,2-6H2,1H3,(H,15,17). The predicted molar refractivity (Wildman–Crippen MR) is 74.2 cm³/mol. The van der Waals surface area contributed by atoms with E-state index in [1.54, 1.807) is 4.52 Å². The Morgan fingerprint density at radius 3 is 3.00 bits per heavy atom. The minimum absolute atomic E-state index is 0.0704. The molecule has 3 rings (SSSR count). The Morgan fingerprint density at radius 2 is 2.11 bits per heavy atom. The van der Waals surface area contributed by atoms with E-state index in [1.165, 1.54) is 6.42 Å². The van der Waals surface area contributed by atoms with Gasteiger partial charge in [-0.3, -0.25) is 0 Å². The van der Waals surface area contributed by atoms with E-state index in [0.29, 0.717) is 5.95 Å². The zero-order valence-electron chi connectivity index (χ0n) is 11.2. The Labute approximate surface area is 112 Å². The van der Waals surface area contributed by atoms with E-state index in [-0.39, 0.29) is 12.1 Å². The summed E-state index contributed by atoms with van der Waals surface area (Å²) in [5.74, 6) is 0.608. The van der Waals surface area contributed by atoms with Gasteiger partial charge in [0, 0.05) is 6.20 Å². The lowest BCUT2D eigenvalue weighted by Crippen LogP contribution is -2.32. The molecule has 0 spiro atoms. The molecule has 2 N–H and O–H groups in total. The van der Waals surface area contributed by atoms with Crippen LogP contribution in [-0.2, 0) is 0 Å². The molecule has 5 nitrogen and oxygen atoms in total. The number of fused-ring (bicyclic) bond motifs is 1. The molecule has 0 amide bonds. The number of anilines is 1. The molecular formula is C14H20N4O. The fourth-order valence-corrected chi connectivity index (χ4v) is 2.67. The summed E-state index contributed by atoms with van der Waals surface area (Å²) in [6, 6.07) is 4.05. The number of hydrogen-bond acceptors (Lipinski definition) is 4. The zero-order valence-corrected chi connectivity index (χ0v) is 11.2. The van der Waals surface area contributed by atoms with E-state index < -0.39 is 0 Å². The average Bonchev–Trinajstić information content (AvgIpc) is 2.66. The number of aromatic nitrogens is 3. The van der Waals surface area contributed by atoms with Gasteiger partial charge < -0.3 is 10.4 Å². The van der Waals surface area contributed by atoms with Gasteiger partial charge in [-0.2, -0.15) is 4.98 Å². The Bertz CT molecular complexity index is 566. The van der Waals surface area contributed by atoms with Crippen LogP contribution in [0.15, 0.2) is 18.3 Å². The zero-order chi connectivity index (χ0) is 13.2. The average molecular weight is 260 g/mol. The first-order valence-corrected chi connectivity index (χ1v) is 7.00. The fraction of sp³-hybridized carbons (Fsp3) is 0.571. The summed E-state index contributed by atoms with van der Waals surface area (Å²) in [7, 11) is 0. The monoisotopic (exact) mass is 260 g/mol. The van der Waals surface area contributed by atoms with Crippen molar-refractivity contribution in [1.29, 1.82) is 0 Å². The summed E-state index contributed by atoms with van der Waals surface area (Å²) in [6.45, 7) is 2.03. The smallest absolute Gasteiger partial charge is 0.243 e. The molecule has 5 heteroatoms. The van der Waals surface area contributed by atoms with Crippen LogP contribution in [0.5, 0.6) is 0 Å². The van der Waals surface area contributed by atoms with Gasteiger partial charge >= 0.3 is 0 Å². The minimum Gasteiger partial charge on any atom is -0.391 e. The molecule has 1 saturated carbocycles. The van der Waals surface area contributed by atoms with Crippen molar-refractivity contribution in [3.63, 3.8) is 0 Å². The van der Waals surface area contributed by atoms with Gasteiger partial charge in [0.05, 0.1) is 12.1 Å². The van der Waals surface area contributed by atoms with Gasteiger partial charge in [-0.15, -0.1) is 5.10 Å². The summed E-state index contributed by atoms with van der Waals surface area (Å²) < 4.78 is 1.78. The summed E-state index contributed by atoms with van der Waals surface area (Å²) in [6.07, 6.45) is 6.97. The number of aliphatic hydroxyl groups is 1. The molecule has 19 heavy (non-hydrogen) atoms. The highest BCUT2D eigenvalue weighted by atomic mass is 16.3. The van der Waals surface area contributed by atoms with E-state index in [1.807, 2.05) is 25.3 Å². The molecule has 1 aliphatic carbocycles. The van der Waals surface area contributed by atoms with E-state index in [4.69, 9.17) is 0 Å². The molecule has 2 aromatic rings. The molecule has 2 atom stereocenters. The van der Waals surface area contributed by atoms with Crippen molar-refractivity contribution in [3.05, 3.63) is 23.9 Å². The van der Waals surface area contributed by atoms with E-state index in [9.17, 15) is 5.11 Å². The van der Waals surface area contributed by atoms with Crippen LogP contribution in [0.25, 0.3) is 5.65 Å². The number of aliphatic hydroxyl groups excluding tert-OH is 1. The first-order chi connectivity index (χ1) is 9.22. The van der Waals surface area contributed by atoms with Gasteiger partial charge in [0.15, 0.2) is 5.65 Å². The molecule has 1 aliphatic rings. The van der Waals surface area contributed by atoms with Crippen LogP contribution >= 0.6 is 0 Å². The third-order valence-electron chi connectivity index (χ3n) is 3.77. The van der Waals surface area contributed by atoms with Crippen LogP contribution in [0, 0.1) is 6.92 Å². The van der Waals surface area contributed by atoms with Crippen molar-refractivity contribution in [2.24, 2.45) is 0 Å². The molecule has 0 saturated heterocycles. The predicted octanol–water partition coefficient (Wildman–Crippen LogP) is 2.14. The second kappa shape index (κ2) is 5.17. The largest absolute Gasteiger partial charge is 0.391 e. The molecule has 0 aliphatic heterocycles. The Hall–Kier alpha value is -1.62. The molecule has 0 bridgehead atoms. The third kappa shape index (κ3) is 2.71. The Morgan fingerprint density at radius 1 is 1.26 bits per heavy atom. The van der Waals surface area contributed by atoms with Crippen LogP contribution in [0.2, 0.25) is 0 Å². The summed E-state index contributed by atoms with van der Waals surface area (Å²) >= 11 is 0. The normalized spacial score (nSPS) is 24.3.